The molecule has 1 aromatic carbocycles. The van der Waals surface area contributed by atoms with E-state index in [0.717, 1.165) is 19.3 Å². The monoisotopic (exact) mass is 317 g/mol. The van der Waals surface area contributed by atoms with E-state index in [9.17, 15) is 9.59 Å². The molecule has 0 radical (unpaired) electrons. The van der Waals surface area contributed by atoms with Gasteiger partial charge in [-0.15, -0.1) is 0 Å². The minimum atomic E-state index is -0.299. The molecule has 0 fully saturated rings. The second kappa shape index (κ2) is 8.22. The predicted octanol–water partition coefficient (Wildman–Crippen LogP) is 2.53. The lowest BCUT2D eigenvalue weighted by Crippen LogP contribution is -2.33. The summed E-state index contributed by atoms with van der Waals surface area (Å²) in [6.07, 6.45) is 7.48. The molecule has 6 nitrogen and oxygen atoms in total. The van der Waals surface area contributed by atoms with Crippen molar-refractivity contribution in [3.8, 4) is 5.75 Å². The van der Waals surface area contributed by atoms with Gasteiger partial charge in [-0.25, -0.2) is 4.79 Å². The van der Waals surface area contributed by atoms with Crippen molar-refractivity contribution in [2.45, 2.75) is 19.3 Å². The van der Waals surface area contributed by atoms with Gasteiger partial charge in [0.2, 0.25) is 0 Å². The third kappa shape index (κ3) is 4.74. The first-order chi connectivity index (χ1) is 11.1. The first-order valence-electron chi connectivity index (χ1n) is 7.74. The van der Waals surface area contributed by atoms with Gasteiger partial charge in [0.1, 0.15) is 5.75 Å². The van der Waals surface area contributed by atoms with Crippen LogP contribution in [-0.4, -0.2) is 32.6 Å². The molecule has 0 saturated heterocycles. The van der Waals surface area contributed by atoms with Crippen LogP contribution in [0.3, 0.4) is 0 Å². The molecule has 124 valence electrons. The minimum absolute atomic E-state index is 0.217. The highest BCUT2D eigenvalue weighted by atomic mass is 16.5. The average Bonchev–Trinajstić information content (AvgIpc) is 2.60. The fraction of sp³-hybridized carbons (Fsp3) is 0.412. The molecule has 3 amide bonds. The van der Waals surface area contributed by atoms with Crippen LogP contribution in [0.2, 0.25) is 0 Å². The lowest BCUT2D eigenvalue weighted by Gasteiger charge is -2.18. The number of benzene rings is 1. The first-order valence-corrected chi connectivity index (χ1v) is 7.74. The maximum Gasteiger partial charge on any atom is 0.319 e. The minimum Gasteiger partial charge on any atom is -0.495 e. The molecule has 0 aromatic heterocycles. The summed E-state index contributed by atoms with van der Waals surface area (Å²) in [7, 11) is 3.08. The third-order valence-corrected chi connectivity index (χ3v) is 3.87. The Bertz CT molecular complexity index is 599. The molecule has 0 saturated carbocycles. The third-order valence-electron chi connectivity index (χ3n) is 3.87. The van der Waals surface area contributed by atoms with Crippen LogP contribution in [0.4, 0.5) is 10.5 Å². The summed E-state index contributed by atoms with van der Waals surface area (Å²) in [6, 6.07) is 4.61. The smallest absolute Gasteiger partial charge is 0.319 e. The SMILES string of the molecule is CNC(=O)c1ccc(OC)c(NC(=O)NCC2CC=CCC2)c1. The molecule has 0 spiro atoms. The summed E-state index contributed by atoms with van der Waals surface area (Å²) in [4.78, 5) is 23.8. The van der Waals surface area contributed by atoms with Gasteiger partial charge in [-0.2, -0.15) is 0 Å². The number of rotatable bonds is 5. The van der Waals surface area contributed by atoms with Gasteiger partial charge in [0, 0.05) is 19.2 Å². The molecule has 3 N–H and O–H groups in total. The number of hydrogen-bond acceptors (Lipinski definition) is 3. The van der Waals surface area contributed by atoms with Gasteiger partial charge in [0.25, 0.3) is 5.91 Å². The Hall–Kier alpha value is -2.50. The number of urea groups is 1. The fourth-order valence-electron chi connectivity index (χ4n) is 2.54. The number of allylic oxidation sites excluding steroid dienone is 2. The van der Waals surface area contributed by atoms with E-state index in [-0.39, 0.29) is 11.9 Å². The van der Waals surface area contributed by atoms with Gasteiger partial charge in [-0.1, -0.05) is 12.2 Å². The Morgan fingerprint density at radius 2 is 2.13 bits per heavy atom. The van der Waals surface area contributed by atoms with E-state index < -0.39 is 0 Å². The molecule has 2 rings (SSSR count). The highest BCUT2D eigenvalue weighted by molar-refractivity contribution is 5.97. The quantitative estimate of drug-likeness (QED) is 0.730. The number of hydrogen-bond donors (Lipinski definition) is 3. The van der Waals surface area contributed by atoms with E-state index in [1.54, 1.807) is 25.2 Å². The molecular formula is C17H23N3O3. The van der Waals surface area contributed by atoms with Crippen LogP contribution < -0.4 is 20.7 Å². The van der Waals surface area contributed by atoms with E-state index in [4.69, 9.17) is 4.74 Å². The molecule has 1 aliphatic rings. The lowest BCUT2D eigenvalue weighted by molar-refractivity contribution is 0.0963. The van der Waals surface area contributed by atoms with Gasteiger partial charge in [0.15, 0.2) is 0 Å². The molecule has 0 bridgehead atoms. The summed E-state index contributed by atoms with van der Waals surface area (Å²) < 4.78 is 5.23. The molecular weight excluding hydrogens is 294 g/mol. The van der Waals surface area contributed by atoms with Crippen molar-refractivity contribution in [2.75, 3.05) is 26.0 Å². The number of amides is 3. The summed E-state index contributed by atoms with van der Waals surface area (Å²) in [5, 5.41) is 8.18. The van der Waals surface area contributed by atoms with Crippen molar-refractivity contribution in [1.29, 1.82) is 0 Å². The van der Waals surface area contributed by atoms with E-state index in [1.807, 2.05) is 0 Å². The van der Waals surface area contributed by atoms with E-state index in [0.29, 0.717) is 29.5 Å². The zero-order chi connectivity index (χ0) is 16.7. The van der Waals surface area contributed by atoms with Crippen LogP contribution in [0.25, 0.3) is 0 Å². The average molecular weight is 317 g/mol. The number of ether oxygens (including phenoxy) is 1. The van der Waals surface area contributed by atoms with Crippen molar-refractivity contribution < 1.29 is 14.3 Å². The number of carbonyl (C=O) groups excluding carboxylic acids is 2. The van der Waals surface area contributed by atoms with Crippen LogP contribution in [0.15, 0.2) is 30.4 Å². The highest BCUT2D eigenvalue weighted by Crippen LogP contribution is 2.25. The molecule has 0 heterocycles. The normalized spacial score (nSPS) is 16.5. The van der Waals surface area contributed by atoms with E-state index >= 15 is 0 Å². The van der Waals surface area contributed by atoms with Crippen LogP contribution in [0, 0.1) is 5.92 Å². The summed E-state index contributed by atoms with van der Waals surface area (Å²) >= 11 is 0. The van der Waals surface area contributed by atoms with Crippen molar-refractivity contribution in [2.24, 2.45) is 5.92 Å². The van der Waals surface area contributed by atoms with Crippen molar-refractivity contribution in [3.63, 3.8) is 0 Å². The van der Waals surface area contributed by atoms with E-state index in [1.165, 1.54) is 7.11 Å². The Balaban J connectivity index is 1.98. The largest absolute Gasteiger partial charge is 0.495 e. The zero-order valence-electron chi connectivity index (χ0n) is 13.5. The molecule has 1 atom stereocenters. The lowest BCUT2D eigenvalue weighted by atomic mass is 9.94. The number of anilines is 1. The molecule has 1 unspecified atom stereocenters. The Kier molecular flexibility index (Phi) is 6.02. The highest BCUT2D eigenvalue weighted by Gasteiger charge is 2.14. The van der Waals surface area contributed by atoms with Crippen molar-refractivity contribution >= 4 is 17.6 Å². The molecule has 1 aromatic rings. The Morgan fingerprint density at radius 3 is 2.78 bits per heavy atom. The second-order valence-electron chi connectivity index (χ2n) is 5.48. The maximum absolute atomic E-state index is 12.1. The van der Waals surface area contributed by atoms with Crippen molar-refractivity contribution in [3.05, 3.63) is 35.9 Å². The molecule has 0 aliphatic heterocycles. The maximum atomic E-state index is 12.1. The predicted molar refractivity (Wildman–Crippen MR) is 89.9 cm³/mol. The zero-order valence-corrected chi connectivity index (χ0v) is 13.5. The van der Waals surface area contributed by atoms with Gasteiger partial charge in [-0.3, -0.25) is 4.79 Å². The van der Waals surface area contributed by atoms with Crippen molar-refractivity contribution in [1.82, 2.24) is 10.6 Å². The summed E-state index contributed by atoms with van der Waals surface area (Å²) in [5.41, 5.74) is 0.927. The fourth-order valence-corrected chi connectivity index (χ4v) is 2.54. The molecule has 6 heteroatoms. The topological polar surface area (TPSA) is 79.5 Å². The van der Waals surface area contributed by atoms with Gasteiger partial charge in [-0.05, 0) is 43.4 Å². The van der Waals surface area contributed by atoms with Crippen LogP contribution in [0.1, 0.15) is 29.6 Å². The number of carbonyl (C=O) groups is 2. The Morgan fingerprint density at radius 1 is 1.30 bits per heavy atom. The van der Waals surface area contributed by atoms with Crippen LogP contribution in [-0.2, 0) is 0 Å². The summed E-state index contributed by atoms with van der Waals surface area (Å²) in [5.74, 6) is 0.767. The first kappa shape index (κ1) is 16.9. The van der Waals surface area contributed by atoms with Gasteiger partial charge in [0.05, 0.1) is 12.8 Å². The summed E-state index contributed by atoms with van der Waals surface area (Å²) in [6.45, 7) is 0.633. The van der Waals surface area contributed by atoms with E-state index in [2.05, 4.69) is 28.1 Å². The van der Waals surface area contributed by atoms with Gasteiger partial charge >= 0.3 is 6.03 Å². The molecule has 1 aliphatic carbocycles. The number of nitrogens with one attached hydrogen (secondary N) is 3. The Labute approximate surface area is 136 Å². The van der Waals surface area contributed by atoms with Crippen LogP contribution in [0.5, 0.6) is 5.75 Å². The molecule has 23 heavy (non-hydrogen) atoms. The van der Waals surface area contributed by atoms with Crippen LogP contribution >= 0.6 is 0 Å². The van der Waals surface area contributed by atoms with Gasteiger partial charge < -0.3 is 20.7 Å². The number of methoxy groups -OCH3 is 1. The standard InChI is InChI=1S/C17H23N3O3/c1-18-16(21)13-8-9-15(23-2)14(10-13)20-17(22)19-11-12-6-4-3-5-7-12/h3-4,8-10,12H,5-7,11H2,1-2H3,(H,18,21)(H2,19,20,22). The second-order valence-corrected chi connectivity index (χ2v) is 5.48.